The van der Waals surface area contributed by atoms with Gasteiger partial charge in [-0.3, -0.25) is 9.59 Å². The molecule has 0 unspecified atom stereocenters. The highest BCUT2D eigenvalue weighted by Crippen LogP contribution is 2.10. The first kappa shape index (κ1) is 18.1. The predicted octanol–water partition coefficient (Wildman–Crippen LogP) is 2.64. The molecule has 6 heteroatoms. The molecule has 1 heterocycles. The molecule has 6 nitrogen and oxygen atoms in total. The van der Waals surface area contributed by atoms with Gasteiger partial charge in [0, 0.05) is 12.0 Å². The van der Waals surface area contributed by atoms with Crippen LogP contribution >= 0.6 is 0 Å². The van der Waals surface area contributed by atoms with E-state index in [-0.39, 0.29) is 11.8 Å². The third-order valence-corrected chi connectivity index (χ3v) is 3.99. The van der Waals surface area contributed by atoms with Crippen LogP contribution in [0.4, 0.5) is 11.5 Å². The largest absolute Gasteiger partial charge is 0.384 e. The summed E-state index contributed by atoms with van der Waals surface area (Å²) in [6, 6.07) is 20.9. The maximum absolute atomic E-state index is 12.8. The van der Waals surface area contributed by atoms with Crippen molar-refractivity contribution >= 4 is 23.3 Å². The number of hydrogen-bond donors (Lipinski definition) is 3. The summed E-state index contributed by atoms with van der Waals surface area (Å²) in [5.41, 5.74) is 7.53. The van der Waals surface area contributed by atoms with E-state index in [1.807, 2.05) is 36.4 Å². The Morgan fingerprint density at radius 2 is 1.59 bits per heavy atom. The Kier molecular flexibility index (Phi) is 5.79. The molecule has 136 valence electrons. The van der Waals surface area contributed by atoms with Crippen LogP contribution in [-0.2, 0) is 11.2 Å². The van der Waals surface area contributed by atoms with Crippen LogP contribution < -0.4 is 16.4 Å². The van der Waals surface area contributed by atoms with E-state index in [2.05, 4.69) is 15.6 Å². The van der Waals surface area contributed by atoms with Gasteiger partial charge >= 0.3 is 0 Å². The molecule has 27 heavy (non-hydrogen) atoms. The van der Waals surface area contributed by atoms with Crippen LogP contribution in [0, 0.1) is 0 Å². The van der Waals surface area contributed by atoms with Gasteiger partial charge in [0.25, 0.3) is 5.91 Å². The van der Waals surface area contributed by atoms with Crippen molar-refractivity contribution in [1.29, 1.82) is 0 Å². The van der Waals surface area contributed by atoms with Crippen molar-refractivity contribution in [3.63, 3.8) is 0 Å². The molecule has 2 amide bonds. The van der Waals surface area contributed by atoms with Crippen molar-refractivity contribution in [2.75, 3.05) is 11.1 Å². The molecule has 0 saturated carbocycles. The van der Waals surface area contributed by atoms with Gasteiger partial charge < -0.3 is 16.4 Å². The SMILES string of the molecule is Nc1ccc(NC(=O)[C@@H](Cc2ccccc2)NC(=O)c2ccccc2)cn1. The first-order chi connectivity index (χ1) is 13.1. The van der Waals surface area contributed by atoms with Gasteiger partial charge in [0.1, 0.15) is 11.9 Å². The van der Waals surface area contributed by atoms with Crippen LogP contribution in [0.25, 0.3) is 0 Å². The predicted molar refractivity (Wildman–Crippen MR) is 105 cm³/mol. The van der Waals surface area contributed by atoms with Crippen molar-refractivity contribution in [3.8, 4) is 0 Å². The number of nitrogen functional groups attached to an aromatic ring is 1. The fraction of sp³-hybridized carbons (Fsp3) is 0.0952. The Labute approximate surface area is 157 Å². The summed E-state index contributed by atoms with van der Waals surface area (Å²) in [6.07, 6.45) is 1.85. The number of hydrogen-bond acceptors (Lipinski definition) is 4. The molecule has 0 spiro atoms. The van der Waals surface area contributed by atoms with E-state index >= 15 is 0 Å². The number of carbonyl (C=O) groups is 2. The first-order valence-electron chi connectivity index (χ1n) is 8.54. The Morgan fingerprint density at radius 1 is 0.926 bits per heavy atom. The number of amides is 2. The van der Waals surface area contributed by atoms with Gasteiger partial charge in [-0.25, -0.2) is 4.98 Å². The molecular weight excluding hydrogens is 340 g/mol. The average Bonchev–Trinajstić information content (AvgIpc) is 2.70. The highest BCUT2D eigenvalue weighted by Gasteiger charge is 2.22. The van der Waals surface area contributed by atoms with Crippen molar-refractivity contribution in [1.82, 2.24) is 10.3 Å². The summed E-state index contributed by atoms with van der Waals surface area (Å²) in [5.74, 6) is -0.261. The Balaban J connectivity index is 1.77. The zero-order valence-corrected chi connectivity index (χ0v) is 14.6. The molecule has 0 fully saturated rings. The fourth-order valence-corrected chi connectivity index (χ4v) is 2.60. The Bertz CT molecular complexity index is 896. The fourth-order valence-electron chi connectivity index (χ4n) is 2.60. The average molecular weight is 360 g/mol. The quantitative estimate of drug-likeness (QED) is 0.629. The Morgan fingerprint density at radius 3 is 2.22 bits per heavy atom. The summed E-state index contributed by atoms with van der Waals surface area (Å²) in [4.78, 5) is 29.3. The minimum absolute atomic E-state index is 0.304. The molecule has 4 N–H and O–H groups in total. The van der Waals surface area contributed by atoms with Gasteiger partial charge in [0.2, 0.25) is 5.91 Å². The van der Waals surface area contributed by atoms with E-state index in [1.165, 1.54) is 6.20 Å². The second-order valence-electron chi connectivity index (χ2n) is 6.04. The minimum Gasteiger partial charge on any atom is -0.384 e. The van der Waals surface area contributed by atoms with Gasteiger partial charge in [-0.1, -0.05) is 48.5 Å². The Hall–Kier alpha value is -3.67. The monoisotopic (exact) mass is 360 g/mol. The molecule has 0 bridgehead atoms. The van der Waals surface area contributed by atoms with Crippen molar-refractivity contribution in [2.24, 2.45) is 0 Å². The lowest BCUT2D eigenvalue weighted by molar-refractivity contribution is -0.118. The van der Waals surface area contributed by atoms with Gasteiger partial charge in [-0.2, -0.15) is 0 Å². The van der Waals surface area contributed by atoms with E-state index in [0.29, 0.717) is 23.5 Å². The van der Waals surface area contributed by atoms with Crippen LogP contribution in [-0.4, -0.2) is 22.8 Å². The lowest BCUT2D eigenvalue weighted by atomic mass is 10.0. The number of pyridine rings is 1. The van der Waals surface area contributed by atoms with Crippen molar-refractivity contribution < 1.29 is 9.59 Å². The molecule has 0 aliphatic carbocycles. The number of benzene rings is 2. The van der Waals surface area contributed by atoms with Gasteiger partial charge in [0.15, 0.2) is 0 Å². The van der Waals surface area contributed by atoms with E-state index in [1.54, 1.807) is 36.4 Å². The summed E-state index contributed by atoms with van der Waals surface area (Å²) in [5, 5.41) is 5.59. The number of rotatable bonds is 6. The second-order valence-corrected chi connectivity index (χ2v) is 6.04. The maximum Gasteiger partial charge on any atom is 0.251 e. The van der Waals surface area contributed by atoms with Gasteiger partial charge in [-0.05, 0) is 29.8 Å². The number of nitrogens with two attached hydrogens (primary N) is 1. The molecule has 2 aromatic carbocycles. The summed E-state index contributed by atoms with van der Waals surface area (Å²) in [7, 11) is 0. The van der Waals surface area contributed by atoms with Crippen LogP contribution in [0.5, 0.6) is 0 Å². The normalized spacial score (nSPS) is 11.4. The van der Waals surface area contributed by atoms with Crippen LogP contribution in [0.1, 0.15) is 15.9 Å². The molecule has 1 aromatic heterocycles. The summed E-state index contributed by atoms with van der Waals surface area (Å²) in [6.45, 7) is 0. The lowest BCUT2D eigenvalue weighted by Crippen LogP contribution is -2.45. The number of nitrogens with one attached hydrogen (secondary N) is 2. The molecule has 1 atom stereocenters. The van der Waals surface area contributed by atoms with Crippen molar-refractivity contribution in [3.05, 3.63) is 90.1 Å². The number of aromatic nitrogens is 1. The lowest BCUT2D eigenvalue weighted by Gasteiger charge is -2.19. The molecule has 0 aliphatic heterocycles. The zero-order chi connectivity index (χ0) is 19.1. The number of anilines is 2. The topological polar surface area (TPSA) is 97.1 Å². The van der Waals surface area contributed by atoms with E-state index in [4.69, 9.17) is 5.73 Å². The number of nitrogens with zero attached hydrogens (tertiary/aromatic N) is 1. The van der Waals surface area contributed by atoms with E-state index in [0.717, 1.165) is 5.56 Å². The highest BCUT2D eigenvalue weighted by atomic mass is 16.2. The first-order valence-corrected chi connectivity index (χ1v) is 8.54. The maximum atomic E-state index is 12.8. The van der Waals surface area contributed by atoms with Gasteiger partial charge in [-0.15, -0.1) is 0 Å². The third-order valence-electron chi connectivity index (χ3n) is 3.99. The smallest absolute Gasteiger partial charge is 0.251 e. The summed E-state index contributed by atoms with van der Waals surface area (Å²) < 4.78 is 0. The number of carbonyl (C=O) groups excluding carboxylic acids is 2. The second kappa shape index (κ2) is 8.62. The third kappa shape index (κ3) is 5.15. The van der Waals surface area contributed by atoms with E-state index < -0.39 is 6.04 Å². The minimum atomic E-state index is -0.738. The van der Waals surface area contributed by atoms with Crippen molar-refractivity contribution in [2.45, 2.75) is 12.5 Å². The van der Waals surface area contributed by atoms with Crippen LogP contribution in [0.2, 0.25) is 0 Å². The van der Waals surface area contributed by atoms with Crippen LogP contribution in [0.3, 0.4) is 0 Å². The van der Waals surface area contributed by atoms with Gasteiger partial charge in [0.05, 0.1) is 11.9 Å². The molecule has 0 aliphatic rings. The highest BCUT2D eigenvalue weighted by molar-refractivity contribution is 6.01. The zero-order valence-electron chi connectivity index (χ0n) is 14.6. The molecule has 0 radical (unpaired) electrons. The van der Waals surface area contributed by atoms with E-state index in [9.17, 15) is 9.59 Å². The molecule has 3 rings (SSSR count). The summed E-state index contributed by atoms with van der Waals surface area (Å²) >= 11 is 0. The van der Waals surface area contributed by atoms with Crippen LogP contribution in [0.15, 0.2) is 79.0 Å². The molecular formula is C21H20N4O2. The molecule has 0 saturated heterocycles. The standard InChI is InChI=1S/C21H20N4O2/c22-19-12-11-17(14-23-19)24-21(27)18(13-15-7-3-1-4-8-15)25-20(26)16-9-5-2-6-10-16/h1-12,14,18H,13H2,(H2,22,23)(H,24,27)(H,25,26)/t18-/m1/s1. The molecule has 3 aromatic rings.